The van der Waals surface area contributed by atoms with Crippen LogP contribution in [-0.2, 0) is 4.79 Å². The molecule has 1 aromatic carbocycles. The van der Waals surface area contributed by atoms with Crippen LogP contribution in [0.2, 0.25) is 0 Å². The summed E-state index contributed by atoms with van der Waals surface area (Å²) in [5, 5.41) is 12.9. The average molecular weight is 301 g/mol. The van der Waals surface area contributed by atoms with E-state index in [1.54, 1.807) is 0 Å². The van der Waals surface area contributed by atoms with Gasteiger partial charge >= 0.3 is 0 Å². The van der Waals surface area contributed by atoms with Crippen LogP contribution < -0.4 is 11.1 Å². The Bertz CT molecular complexity index is 524. The van der Waals surface area contributed by atoms with E-state index >= 15 is 0 Å². The highest BCUT2D eigenvalue weighted by Gasteiger charge is 2.22. The third kappa shape index (κ3) is 5.42. The number of carbonyl (C=O) groups is 1. The molecule has 0 radical (unpaired) electrons. The lowest BCUT2D eigenvalue weighted by atomic mass is 10.1. The van der Waals surface area contributed by atoms with E-state index < -0.39 is 33.8 Å². The lowest BCUT2D eigenvalue weighted by Crippen LogP contribution is -2.14. The summed E-state index contributed by atoms with van der Waals surface area (Å²) in [5.74, 6) is -2.78. The molecule has 0 heterocycles. The van der Waals surface area contributed by atoms with Crippen molar-refractivity contribution in [1.29, 1.82) is 0 Å². The molecule has 0 saturated heterocycles. The van der Waals surface area contributed by atoms with Crippen LogP contribution in [0.5, 0.6) is 0 Å². The van der Waals surface area contributed by atoms with Crippen molar-refractivity contribution < 1.29 is 18.5 Å². The molecule has 0 spiro atoms. The number of hydrogen-bond donors (Lipinski definition) is 2. The van der Waals surface area contributed by atoms with Crippen molar-refractivity contribution in [2.75, 3.05) is 11.9 Å². The molecule has 0 aliphatic rings. The van der Waals surface area contributed by atoms with Gasteiger partial charge in [-0.2, -0.15) is 0 Å². The predicted octanol–water partition coefficient (Wildman–Crippen LogP) is 2.72. The Balaban J connectivity index is 2.65. The number of nitrogens with one attached hydrogen (secondary N) is 1. The Kier molecular flexibility index (Phi) is 6.67. The van der Waals surface area contributed by atoms with Gasteiger partial charge in [-0.3, -0.25) is 14.9 Å². The molecule has 0 atom stereocenters. The zero-order valence-electron chi connectivity index (χ0n) is 11.4. The van der Waals surface area contributed by atoms with Crippen LogP contribution in [0.4, 0.5) is 20.2 Å². The van der Waals surface area contributed by atoms with Gasteiger partial charge < -0.3 is 11.1 Å². The Hall–Kier alpha value is -2.09. The molecule has 0 aromatic heterocycles. The largest absolute Gasteiger partial charge is 0.330 e. The van der Waals surface area contributed by atoms with Crippen LogP contribution in [0, 0.1) is 21.7 Å². The van der Waals surface area contributed by atoms with E-state index in [-0.39, 0.29) is 6.42 Å². The molecule has 1 rings (SSSR count). The molecule has 0 aliphatic carbocycles. The van der Waals surface area contributed by atoms with Crippen molar-refractivity contribution in [2.45, 2.75) is 32.1 Å². The lowest BCUT2D eigenvalue weighted by molar-refractivity contribution is -0.384. The fourth-order valence-corrected chi connectivity index (χ4v) is 1.81. The third-order valence-corrected chi connectivity index (χ3v) is 2.85. The van der Waals surface area contributed by atoms with Crippen LogP contribution in [0.15, 0.2) is 12.1 Å². The average Bonchev–Trinajstić information content (AvgIpc) is 2.41. The smallest absolute Gasteiger partial charge is 0.298 e. The topological polar surface area (TPSA) is 98.3 Å². The molecular weight excluding hydrogens is 284 g/mol. The first-order chi connectivity index (χ1) is 9.95. The zero-order chi connectivity index (χ0) is 15.8. The minimum absolute atomic E-state index is 0.110. The molecule has 6 nitrogen and oxygen atoms in total. The molecule has 3 N–H and O–H groups in total. The molecule has 116 valence electrons. The van der Waals surface area contributed by atoms with Gasteiger partial charge in [0.15, 0.2) is 11.5 Å². The summed E-state index contributed by atoms with van der Waals surface area (Å²) >= 11 is 0. The minimum atomic E-state index is -1.17. The molecule has 21 heavy (non-hydrogen) atoms. The molecule has 8 heteroatoms. The summed E-state index contributed by atoms with van der Waals surface area (Å²) in [5.41, 5.74) is 3.93. The second kappa shape index (κ2) is 8.25. The number of unbranched alkanes of at least 4 members (excludes halogenated alkanes) is 3. The molecule has 0 bridgehead atoms. The number of nitro benzene ring substituents is 1. The number of nitrogens with two attached hydrogens (primary N) is 1. The fourth-order valence-electron chi connectivity index (χ4n) is 1.81. The minimum Gasteiger partial charge on any atom is -0.330 e. The molecule has 0 saturated carbocycles. The van der Waals surface area contributed by atoms with Gasteiger partial charge in [-0.15, -0.1) is 0 Å². The first-order valence-electron chi connectivity index (χ1n) is 6.59. The third-order valence-electron chi connectivity index (χ3n) is 2.85. The molecule has 0 aliphatic heterocycles. The van der Waals surface area contributed by atoms with E-state index in [0.717, 1.165) is 19.3 Å². The monoisotopic (exact) mass is 301 g/mol. The van der Waals surface area contributed by atoms with Crippen molar-refractivity contribution in [2.24, 2.45) is 5.73 Å². The number of nitrogens with zero attached hydrogens (tertiary/aromatic N) is 1. The number of halogens is 2. The maximum atomic E-state index is 13.5. The van der Waals surface area contributed by atoms with Gasteiger partial charge in [0, 0.05) is 12.5 Å². The van der Waals surface area contributed by atoms with Gasteiger partial charge in [0.1, 0.15) is 5.82 Å². The summed E-state index contributed by atoms with van der Waals surface area (Å²) in [6.07, 6.45) is 3.22. The summed E-state index contributed by atoms with van der Waals surface area (Å²) in [4.78, 5) is 21.4. The number of benzene rings is 1. The van der Waals surface area contributed by atoms with Crippen molar-refractivity contribution in [1.82, 2.24) is 0 Å². The highest BCUT2D eigenvalue weighted by molar-refractivity contribution is 5.93. The quantitative estimate of drug-likeness (QED) is 0.438. The van der Waals surface area contributed by atoms with Gasteiger partial charge in [0.05, 0.1) is 11.0 Å². The van der Waals surface area contributed by atoms with Crippen molar-refractivity contribution in [3.8, 4) is 0 Å². The van der Waals surface area contributed by atoms with E-state index in [4.69, 9.17) is 5.73 Å². The Labute approximate surface area is 120 Å². The van der Waals surface area contributed by atoms with Crippen LogP contribution in [-0.4, -0.2) is 17.4 Å². The van der Waals surface area contributed by atoms with Gasteiger partial charge in [0.2, 0.25) is 5.91 Å². The zero-order valence-corrected chi connectivity index (χ0v) is 11.4. The van der Waals surface area contributed by atoms with E-state index in [1.807, 2.05) is 0 Å². The summed E-state index contributed by atoms with van der Waals surface area (Å²) in [6, 6.07) is 1.06. The number of amides is 1. The van der Waals surface area contributed by atoms with Crippen LogP contribution in [0.1, 0.15) is 32.1 Å². The lowest BCUT2D eigenvalue weighted by Gasteiger charge is -2.07. The predicted molar refractivity (Wildman–Crippen MR) is 73.8 cm³/mol. The fraction of sp³-hybridized carbons (Fsp3) is 0.462. The molecule has 1 amide bonds. The van der Waals surface area contributed by atoms with E-state index in [9.17, 15) is 23.7 Å². The second-order valence-corrected chi connectivity index (χ2v) is 4.54. The molecule has 0 unspecified atom stereocenters. The Morgan fingerprint density at radius 1 is 1.24 bits per heavy atom. The summed E-state index contributed by atoms with van der Waals surface area (Å²) < 4.78 is 26.5. The van der Waals surface area contributed by atoms with Crippen molar-refractivity contribution in [3.63, 3.8) is 0 Å². The maximum absolute atomic E-state index is 13.5. The Morgan fingerprint density at radius 2 is 1.90 bits per heavy atom. The van der Waals surface area contributed by atoms with Gasteiger partial charge in [0.25, 0.3) is 5.69 Å². The first-order valence-corrected chi connectivity index (χ1v) is 6.59. The number of rotatable bonds is 8. The second-order valence-electron chi connectivity index (χ2n) is 4.54. The highest BCUT2D eigenvalue weighted by atomic mass is 19.1. The first kappa shape index (κ1) is 17.0. The summed E-state index contributed by atoms with van der Waals surface area (Å²) in [7, 11) is 0. The van der Waals surface area contributed by atoms with E-state index in [0.29, 0.717) is 25.1 Å². The molecular formula is C13H17F2N3O3. The molecule has 1 aromatic rings. The van der Waals surface area contributed by atoms with Crippen LogP contribution in [0.3, 0.4) is 0 Å². The Morgan fingerprint density at radius 3 is 2.52 bits per heavy atom. The number of carbonyl (C=O) groups excluding carboxylic acids is 1. The SMILES string of the molecule is NCCCCCCC(=O)Nc1c(F)cc(F)cc1[N+](=O)[O-]. The number of anilines is 1. The standard InChI is InChI=1S/C13H17F2N3O3/c14-9-7-10(15)13(11(8-9)18(20)21)17-12(19)5-3-1-2-4-6-16/h7-8H,1-6,16H2,(H,17,19). The van der Waals surface area contributed by atoms with Crippen molar-refractivity contribution >= 4 is 17.3 Å². The highest BCUT2D eigenvalue weighted by Crippen LogP contribution is 2.28. The maximum Gasteiger partial charge on any atom is 0.298 e. The normalized spacial score (nSPS) is 10.4. The van der Waals surface area contributed by atoms with Gasteiger partial charge in [-0.05, 0) is 19.4 Å². The van der Waals surface area contributed by atoms with Crippen molar-refractivity contribution in [3.05, 3.63) is 33.9 Å². The summed E-state index contributed by atoms with van der Waals surface area (Å²) in [6.45, 7) is 0.583. The van der Waals surface area contributed by atoms with Crippen LogP contribution >= 0.6 is 0 Å². The van der Waals surface area contributed by atoms with Crippen LogP contribution in [0.25, 0.3) is 0 Å². The number of hydrogen-bond acceptors (Lipinski definition) is 4. The molecule has 0 fully saturated rings. The van der Waals surface area contributed by atoms with Gasteiger partial charge in [-0.25, -0.2) is 8.78 Å². The van der Waals surface area contributed by atoms with E-state index in [2.05, 4.69) is 5.32 Å². The van der Waals surface area contributed by atoms with Gasteiger partial charge in [-0.1, -0.05) is 12.8 Å². The number of nitro groups is 1. The van der Waals surface area contributed by atoms with E-state index in [1.165, 1.54) is 0 Å².